The van der Waals surface area contributed by atoms with Crippen molar-refractivity contribution in [2.24, 2.45) is 5.92 Å². The van der Waals surface area contributed by atoms with Crippen molar-refractivity contribution in [2.45, 2.75) is 26.2 Å². The van der Waals surface area contributed by atoms with E-state index in [0.29, 0.717) is 36.3 Å². The number of likely N-dealkylation sites (tertiary alicyclic amines) is 1. The Hall–Kier alpha value is -3.03. The Morgan fingerprint density at radius 1 is 1.38 bits per heavy atom. The molecule has 1 atom stereocenters. The number of aryl methyl sites for hydroxylation is 1. The lowest BCUT2D eigenvalue weighted by molar-refractivity contribution is 0.0666. The maximum atomic E-state index is 12.6. The summed E-state index contributed by atoms with van der Waals surface area (Å²) in [6, 6.07) is 5.46. The molecular formula is C18H20N6O2. The Bertz CT molecular complexity index is 888. The van der Waals surface area contributed by atoms with Gasteiger partial charge >= 0.3 is 0 Å². The molecule has 0 radical (unpaired) electrons. The first kappa shape index (κ1) is 16.4. The van der Waals surface area contributed by atoms with Gasteiger partial charge in [-0.1, -0.05) is 5.16 Å². The summed E-state index contributed by atoms with van der Waals surface area (Å²) >= 11 is 0. The molecular weight excluding hydrogens is 332 g/mol. The molecule has 26 heavy (non-hydrogen) atoms. The molecule has 3 aromatic rings. The number of pyridine rings is 1. The summed E-state index contributed by atoms with van der Waals surface area (Å²) < 4.78 is 5.36. The van der Waals surface area contributed by atoms with Gasteiger partial charge in [0.05, 0.1) is 0 Å². The molecule has 8 heteroatoms. The molecule has 0 bridgehead atoms. The summed E-state index contributed by atoms with van der Waals surface area (Å²) in [6.45, 7) is 3.33. The molecule has 4 rings (SSSR count). The fraction of sp³-hybridized carbons (Fsp3) is 0.389. The van der Waals surface area contributed by atoms with E-state index in [1.807, 2.05) is 24.0 Å². The fourth-order valence-corrected chi connectivity index (χ4v) is 3.31. The second-order valence-corrected chi connectivity index (χ2v) is 6.65. The van der Waals surface area contributed by atoms with Gasteiger partial charge in [0, 0.05) is 43.2 Å². The highest BCUT2D eigenvalue weighted by molar-refractivity contribution is 5.92. The highest BCUT2D eigenvalue weighted by Crippen LogP contribution is 2.23. The van der Waals surface area contributed by atoms with Crippen molar-refractivity contribution in [3.63, 3.8) is 0 Å². The van der Waals surface area contributed by atoms with E-state index in [1.54, 1.807) is 18.5 Å². The van der Waals surface area contributed by atoms with E-state index in [2.05, 4.69) is 25.3 Å². The van der Waals surface area contributed by atoms with Crippen molar-refractivity contribution >= 4 is 5.91 Å². The van der Waals surface area contributed by atoms with Crippen LogP contribution in [0.2, 0.25) is 0 Å². The lowest BCUT2D eigenvalue weighted by Crippen LogP contribution is -2.40. The summed E-state index contributed by atoms with van der Waals surface area (Å²) in [7, 11) is 0. The van der Waals surface area contributed by atoms with Crippen molar-refractivity contribution in [3.05, 3.63) is 47.8 Å². The van der Waals surface area contributed by atoms with Gasteiger partial charge in [0.2, 0.25) is 0 Å². The predicted octanol–water partition coefficient (Wildman–Crippen LogP) is 2.26. The van der Waals surface area contributed by atoms with Crippen LogP contribution in [-0.4, -0.2) is 49.2 Å². The van der Waals surface area contributed by atoms with Gasteiger partial charge in [-0.2, -0.15) is 10.1 Å². The summed E-state index contributed by atoms with van der Waals surface area (Å²) in [5.41, 5.74) is 2.22. The molecule has 1 aliphatic heterocycles. The molecule has 8 nitrogen and oxygen atoms in total. The summed E-state index contributed by atoms with van der Waals surface area (Å²) in [5, 5.41) is 11.0. The average molecular weight is 352 g/mol. The second kappa shape index (κ2) is 7.07. The van der Waals surface area contributed by atoms with Gasteiger partial charge in [0.1, 0.15) is 5.69 Å². The van der Waals surface area contributed by atoms with Crippen LogP contribution in [0.4, 0.5) is 0 Å². The van der Waals surface area contributed by atoms with E-state index in [9.17, 15) is 4.79 Å². The van der Waals surface area contributed by atoms with Gasteiger partial charge in [0.25, 0.3) is 11.8 Å². The van der Waals surface area contributed by atoms with E-state index in [-0.39, 0.29) is 5.91 Å². The first-order chi connectivity index (χ1) is 12.7. The van der Waals surface area contributed by atoms with E-state index in [0.717, 1.165) is 30.6 Å². The van der Waals surface area contributed by atoms with Crippen molar-refractivity contribution in [2.75, 3.05) is 13.1 Å². The molecule has 134 valence electrons. The maximum Gasteiger partial charge on any atom is 0.274 e. The Labute approximate surface area is 150 Å². The van der Waals surface area contributed by atoms with Crippen LogP contribution in [0.3, 0.4) is 0 Å². The Morgan fingerprint density at radius 3 is 3.00 bits per heavy atom. The minimum Gasteiger partial charge on any atom is -0.337 e. The lowest BCUT2D eigenvalue weighted by Gasteiger charge is -2.31. The molecule has 0 spiro atoms. The zero-order valence-electron chi connectivity index (χ0n) is 14.6. The lowest BCUT2D eigenvalue weighted by atomic mass is 9.94. The zero-order valence-corrected chi connectivity index (χ0v) is 14.6. The third-order valence-electron chi connectivity index (χ3n) is 4.60. The third-order valence-corrected chi connectivity index (χ3v) is 4.60. The number of carbonyl (C=O) groups is 1. The average Bonchev–Trinajstić information content (AvgIpc) is 3.31. The van der Waals surface area contributed by atoms with Crippen LogP contribution in [0.1, 0.15) is 34.8 Å². The monoisotopic (exact) mass is 352 g/mol. The first-order valence-corrected chi connectivity index (χ1v) is 8.73. The molecule has 1 aliphatic rings. The largest absolute Gasteiger partial charge is 0.337 e. The topological polar surface area (TPSA) is 101 Å². The van der Waals surface area contributed by atoms with Crippen LogP contribution in [0.5, 0.6) is 0 Å². The molecule has 3 aromatic heterocycles. The Balaban J connectivity index is 1.41. The fourth-order valence-electron chi connectivity index (χ4n) is 3.31. The summed E-state index contributed by atoms with van der Waals surface area (Å²) in [6.07, 6.45) is 6.09. The van der Waals surface area contributed by atoms with Gasteiger partial charge in [0.15, 0.2) is 5.82 Å². The molecule has 0 aliphatic carbocycles. The number of rotatable bonds is 4. The predicted molar refractivity (Wildman–Crippen MR) is 93.2 cm³/mol. The van der Waals surface area contributed by atoms with E-state index < -0.39 is 0 Å². The van der Waals surface area contributed by atoms with Crippen molar-refractivity contribution in [1.82, 2.24) is 30.2 Å². The van der Waals surface area contributed by atoms with Gasteiger partial charge in [-0.05, 0) is 43.9 Å². The number of nitrogens with zero attached hydrogens (tertiary/aromatic N) is 5. The third kappa shape index (κ3) is 3.49. The normalized spacial score (nSPS) is 17.4. The highest BCUT2D eigenvalue weighted by Gasteiger charge is 2.27. The minimum atomic E-state index is -0.0235. The molecule has 4 heterocycles. The number of carbonyl (C=O) groups excluding carboxylic acids is 1. The Kier molecular flexibility index (Phi) is 4.47. The molecule has 1 saturated heterocycles. The molecule has 1 amide bonds. The van der Waals surface area contributed by atoms with Crippen LogP contribution in [-0.2, 0) is 6.42 Å². The van der Waals surface area contributed by atoms with E-state index in [4.69, 9.17) is 4.52 Å². The van der Waals surface area contributed by atoms with Gasteiger partial charge in [-0.15, -0.1) is 0 Å². The maximum absolute atomic E-state index is 12.6. The van der Waals surface area contributed by atoms with Crippen molar-refractivity contribution in [3.8, 4) is 11.5 Å². The van der Waals surface area contributed by atoms with Gasteiger partial charge < -0.3 is 9.42 Å². The summed E-state index contributed by atoms with van der Waals surface area (Å²) in [4.78, 5) is 22.9. The van der Waals surface area contributed by atoms with E-state index >= 15 is 0 Å². The van der Waals surface area contributed by atoms with E-state index in [1.165, 1.54) is 0 Å². The number of hydrogen-bond donors (Lipinski definition) is 1. The minimum absolute atomic E-state index is 0.0235. The zero-order chi connectivity index (χ0) is 17.9. The standard InChI is InChI=1S/C18H20N6O2/c1-12-9-15(22-21-12)18(25)24-8-2-3-13(11-24)10-16-20-17(26-23-16)14-4-6-19-7-5-14/h4-7,9,13H,2-3,8,10-11H2,1H3,(H,21,22). The van der Waals surface area contributed by atoms with Crippen LogP contribution < -0.4 is 0 Å². The first-order valence-electron chi connectivity index (χ1n) is 8.73. The highest BCUT2D eigenvalue weighted by atomic mass is 16.5. The molecule has 0 aromatic carbocycles. The number of hydrogen-bond acceptors (Lipinski definition) is 6. The number of aromatic nitrogens is 5. The smallest absolute Gasteiger partial charge is 0.274 e. The van der Waals surface area contributed by atoms with Crippen molar-refractivity contribution < 1.29 is 9.32 Å². The van der Waals surface area contributed by atoms with Crippen molar-refractivity contribution in [1.29, 1.82) is 0 Å². The molecule has 1 N–H and O–H groups in total. The summed E-state index contributed by atoms with van der Waals surface area (Å²) in [5.74, 6) is 1.46. The number of amides is 1. The van der Waals surface area contributed by atoms with Crippen LogP contribution in [0, 0.1) is 12.8 Å². The molecule has 1 unspecified atom stereocenters. The van der Waals surface area contributed by atoms with Gasteiger partial charge in [-0.25, -0.2) is 0 Å². The number of nitrogens with one attached hydrogen (secondary N) is 1. The SMILES string of the molecule is Cc1cc(C(=O)N2CCCC(Cc3noc(-c4ccncc4)n3)C2)n[nH]1. The molecule has 1 fully saturated rings. The van der Waals surface area contributed by atoms with Crippen LogP contribution >= 0.6 is 0 Å². The molecule has 0 saturated carbocycles. The number of piperidine rings is 1. The number of aromatic amines is 1. The van der Waals surface area contributed by atoms with Gasteiger partial charge in [-0.3, -0.25) is 14.9 Å². The van der Waals surface area contributed by atoms with Crippen LogP contribution in [0.25, 0.3) is 11.5 Å². The quantitative estimate of drug-likeness (QED) is 0.773. The second-order valence-electron chi connectivity index (χ2n) is 6.65. The number of H-pyrrole nitrogens is 1. The van der Waals surface area contributed by atoms with Crippen LogP contribution in [0.15, 0.2) is 35.1 Å². The Morgan fingerprint density at radius 2 is 2.23 bits per heavy atom.